The van der Waals surface area contributed by atoms with E-state index in [-0.39, 0.29) is 11.9 Å². The van der Waals surface area contributed by atoms with Gasteiger partial charge >= 0.3 is 6.03 Å². The van der Waals surface area contributed by atoms with Gasteiger partial charge in [-0.25, -0.2) is 9.78 Å². The van der Waals surface area contributed by atoms with Crippen LogP contribution in [0.25, 0.3) is 0 Å². The van der Waals surface area contributed by atoms with Gasteiger partial charge in [0.05, 0.1) is 11.2 Å². The fourth-order valence-corrected chi connectivity index (χ4v) is 2.17. The molecule has 2 aromatic heterocycles. The molecule has 0 radical (unpaired) electrons. The summed E-state index contributed by atoms with van der Waals surface area (Å²) in [5.41, 5.74) is 0. The molecule has 0 spiro atoms. The summed E-state index contributed by atoms with van der Waals surface area (Å²) in [6.45, 7) is 2.58. The molecule has 7 heteroatoms. The van der Waals surface area contributed by atoms with Crippen LogP contribution in [0.3, 0.4) is 0 Å². The maximum absolute atomic E-state index is 11.7. The number of anilines is 1. The number of thiazole rings is 1. The van der Waals surface area contributed by atoms with Crippen LogP contribution in [0.5, 0.6) is 0 Å². The van der Waals surface area contributed by atoms with Crippen LogP contribution in [0.1, 0.15) is 17.8 Å². The van der Waals surface area contributed by atoms with Gasteiger partial charge in [0.2, 0.25) is 0 Å². The molecule has 2 amide bonds. The highest BCUT2D eigenvalue weighted by atomic mass is 32.1. The summed E-state index contributed by atoms with van der Waals surface area (Å²) in [6, 6.07) is 1.51. The number of aromatic nitrogens is 3. The van der Waals surface area contributed by atoms with Crippen LogP contribution >= 0.6 is 11.3 Å². The molecular formula is C11H15N5OS. The Labute approximate surface area is 109 Å². The van der Waals surface area contributed by atoms with Crippen molar-refractivity contribution in [1.82, 2.24) is 20.1 Å². The van der Waals surface area contributed by atoms with Crippen molar-refractivity contribution >= 4 is 23.2 Å². The second-order valence-electron chi connectivity index (χ2n) is 3.95. The summed E-state index contributed by atoms with van der Waals surface area (Å²) in [4.78, 5) is 15.9. The van der Waals surface area contributed by atoms with E-state index < -0.39 is 0 Å². The fraction of sp³-hybridized carbons (Fsp3) is 0.364. The van der Waals surface area contributed by atoms with Gasteiger partial charge in [-0.15, -0.1) is 11.3 Å². The first kappa shape index (κ1) is 12.6. The molecule has 0 saturated heterocycles. The normalized spacial score (nSPS) is 12.1. The third-order valence-corrected chi connectivity index (χ3v) is 3.51. The number of nitrogens with zero attached hydrogens (tertiary/aromatic N) is 3. The number of carbonyl (C=O) groups is 1. The monoisotopic (exact) mass is 265 g/mol. The van der Waals surface area contributed by atoms with Crippen molar-refractivity contribution in [2.45, 2.75) is 12.8 Å². The van der Waals surface area contributed by atoms with Gasteiger partial charge in [0, 0.05) is 37.2 Å². The van der Waals surface area contributed by atoms with Gasteiger partial charge < -0.3 is 5.32 Å². The first-order chi connectivity index (χ1) is 8.66. The standard InChI is InChI=1S/C11H15N5OS/c1-8(10-12-5-6-18-10)7-13-11(17)15-9-3-4-14-16(9)2/h3-6,8H,7H2,1-2H3,(H2,13,15,17)/t8-/m0/s1. The predicted molar refractivity (Wildman–Crippen MR) is 70.8 cm³/mol. The first-order valence-electron chi connectivity index (χ1n) is 5.59. The van der Waals surface area contributed by atoms with E-state index in [1.165, 1.54) is 0 Å². The SMILES string of the molecule is C[C@@H](CNC(=O)Nc1ccnn1C)c1nccs1. The molecule has 1 atom stereocenters. The number of aryl methyl sites for hydroxylation is 1. The van der Waals surface area contributed by atoms with Crippen LogP contribution in [-0.2, 0) is 7.05 Å². The molecule has 6 nitrogen and oxygen atoms in total. The Morgan fingerprint density at radius 2 is 2.39 bits per heavy atom. The van der Waals surface area contributed by atoms with Crippen molar-refractivity contribution in [1.29, 1.82) is 0 Å². The van der Waals surface area contributed by atoms with Crippen LogP contribution < -0.4 is 10.6 Å². The number of hydrogen-bond acceptors (Lipinski definition) is 4. The average Bonchev–Trinajstić information content (AvgIpc) is 2.99. The highest BCUT2D eigenvalue weighted by Gasteiger charge is 2.10. The quantitative estimate of drug-likeness (QED) is 0.885. The number of urea groups is 1. The molecule has 0 fully saturated rings. The van der Waals surface area contributed by atoms with E-state index in [0.29, 0.717) is 12.4 Å². The van der Waals surface area contributed by atoms with E-state index in [0.717, 1.165) is 5.01 Å². The molecule has 18 heavy (non-hydrogen) atoms. The van der Waals surface area contributed by atoms with Crippen molar-refractivity contribution in [3.8, 4) is 0 Å². The smallest absolute Gasteiger partial charge is 0.320 e. The lowest BCUT2D eigenvalue weighted by Gasteiger charge is -2.11. The van der Waals surface area contributed by atoms with Crippen LogP contribution in [0.4, 0.5) is 10.6 Å². The summed E-state index contributed by atoms with van der Waals surface area (Å²) in [5, 5.41) is 12.5. The molecule has 0 unspecified atom stereocenters. The molecule has 0 saturated carbocycles. The highest BCUT2D eigenvalue weighted by Crippen LogP contribution is 2.16. The Morgan fingerprint density at radius 3 is 3.00 bits per heavy atom. The van der Waals surface area contributed by atoms with Gasteiger partial charge in [0.1, 0.15) is 5.82 Å². The zero-order valence-electron chi connectivity index (χ0n) is 10.3. The lowest BCUT2D eigenvalue weighted by atomic mass is 10.2. The lowest BCUT2D eigenvalue weighted by Crippen LogP contribution is -2.32. The van der Waals surface area contributed by atoms with Gasteiger partial charge in [0.15, 0.2) is 0 Å². The van der Waals surface area contributed by atoms with Crippen molar-refractivity contribution in [2.75, 3.05) is 11.9 Å². The maximum atomic E-state index is 11.7. The minimum Gasteiger partial charge on any atom is -0.337 e. The molecule has 2 N–H and O–H groups in total. The van der Waals surface area contributed by atoms with Gasteiger partial charge in [-0.1, -0.05) is 6.92 Å². The molecule has 0 bridgehead atoms. The largest absolute Gasteiger partial charge is 0.337 e. The molecule has 0 aliphatic rings. The molecule has 96 valence electrons. The third kappa shape index (κ3) is 3.07. The molecule has 2 heterocycles. The first-order valence-corrected chi connectivity index (χ1v) is 6.47. The molecule has 2 aromatic rings. The van der Waals surface area contributed by atoms with Gasteiger partial charge in [-0.05, 0) is 0 Å². The van der Waals surface area contributed by atoms with E-state index in [2.05, 4.69) is 20.7 Å². The number of carbonyl (C=O) groups excluding carboxylic acids is 1. The van der Waals surface area contributed by atoms with E-state index in [9.17, 15) is 4.79 Å². The molecule has 0 aliphatic heterocycles. The zero-order valence-corrected chi connectivity index (χ0v) is 11.1. The van der Waals surface area contributed by atoms with E-state index in [1.54, 1.807) is 41.5 Å². The van der Waals surface area contributed by atoms with Gasteiger partial charge in [-0.2, -0.15) is 5.10 Å². The summed E-state index contributed by atoms with van der Waals surface area (Å²) in [6.07, 6.45) is 3.40. The maximum Gasteiger partial charge on any atom is 0.320 e. The zero-order chi connectivity index (χ0) is 13.0. The molecule has 2 rings (SSSR count). The van der Waals surface area contributed by atoms with Crippen molar-refractivity contribution in [3.63, 3.8) is 0 Å². The van der Waals surface area contributed by atoms with Gasteiger partial charge in [0.25, 0.3) is 0 Å². The Hall–Kier alpha value is -1.89. The third-order valence-electron chi connectivity index (χ3n) is 2.50. The number of rotatable bonds is 4. The highest BCUT2D eigenvalue weighted by molar-refractivity contribution is 7.09. The van der Waals surface area contributed by atoms with Crippen LogP contribution in [0, 0.1) is 0 Å². The van der Waals surface area contributed by atoms with E-state index >= 15 is 0 Å². The fourth-order valence-electron chi connectivity index (χ4n) is 1.47. The number of nitrogens with one attached hydrogen (secondary N) is 2. The molecule has 0 aromatic carbocycles. The Balaban J connectivity index is 1.80. The van der Waals surface area contributed by atoms with Crippen LogP contribution in [0.15, 0.2) is 23.8 Å². The Morgan fingerprint density at radius 1 is 1.56 bits per heavy atom. The lowest BCUT2D eigenvalue weighted by molar-refractivity contribution is 0.251. The van der Waals surface area contributed by atoms with E-state index in [4.69, 9.17) is 0 Å². The Bertz CT molecular complexity index is 507. The van der Waals surface area contributed by atoms with Crippen LogP contribution in [0.2, 0.25) is 0 Å². The Kier molecular flexibility index (Phi) is 3.93. The summed E-state index contributed by atoms with van der Waals surface area (Å²) in [5.74, 6) is 0.872. The molecular weight excluding hydrogens is 250 g/mol. The van der Waals surface area contributed by atoms with Gasteiger partial charge in [-0.3, -0.25) is 10.00 Å². The second-order valence-corrected chi connectivity index (χ2v) is 4.87. The summed E-state index contributed by atoms with van der Waals surface area (Å²) >= 11 is 1.59. The van der Waals surface area contributed by atoms with Crippen molar-refractivity contribution in [2.24, 2.45) is 7.05 Å². The molecule has 0 aliphatic carbocycles. The number of hydrogen-bond donors (Lipinski definition) is 2. The second kappa shape index (κ2) is 5.63. The van der Waals surface area contributed by atoms with Crippen molar-refractivity contribution < 1.29 is 4.79 Å². The van der Waals surface area contributed by atoms with Crippen LogP contribution in [-0.4, -0.2) is 27.3 Å². The minimum absolute atomic E-state index is 0.210. The summed E-state index contributed by atoms with van der Waals surface area (Å²) < 4.78 is 1.60. The van der Waals surface area contributed by atoms with Crippen molar-refractivity contribution in [3.05, 3.63) is 28.8 Å². The van der Waals surface area contributed by atoms with E-state index in [1.807, 2.05) is 12.3 Å². The topological polar surface area (TPSA) is 71.8 Å². The number of amides is 2. The predicted octanol–water partition coefficient (Wildman–Crippen LogP) is 1.80. The average molecular weight is 265 g/mol. The summed E-state index contributed by atoms with van der Waals surface area (Å²) in [7, 11) is 1.77. The minimum atomic E-state index is -0.234.